The van der Waals surface area contributed by atoms with Crippen LogP contribution in [0, 0.1) is 0 Å². The maximum Gasteiger partial charge on any atom is 0.256 e. The van der Waals surface area contributed by atoms with Crippen molar-refractivity contribution in [2.24, 2.45) is 4.99 Å². The van der Waals surface area contributed by atoms with Crippen LogP contribution in [0.5, 0.6) is 0 Å². The summed E-state index contributed by atoms with van der Waals surface area (Å²) in [6, 6.07) is 12.7. The number of nitrogens with zero attached hydrogens (tertiary/aromatic N) is 4. The van der Waals surface area contributed by atoms with Gasteiger partial charge in [0.15, 0.2) is 0 Å². The Kier molecular flexibility index (Phi) is 5.72. The summed E-state index contributed by atoms with van der Waals surface area (Å²) in [5, 5.41) is 6.18. The number of nitrogens with one attached hydrogen (secondary N) is 2. The molecular weight excluding hydrogens is 532 g/mol. The number of ether oxygens (including phenoxy) is 1. The molecule has 1 saturated heterocycles. The van der Waals surface area contributed by atoms with Gasteiger partial charge < -0.3 is 15.4 Å². The van der Waals surface area contributed by atoms with Gasteiger partial charge in [-0.05, 0) is 48.2 Å². The van der Waals surface area contributed by atoms with E-state index >= 15 is 0 Å². The second-order valence-corrected chi connectivity index (χ2v) is 11.0. The number of anilines is 2. The summed E-state index contributed by atoms with van der Waals surface area (Å²) in [5.41, 5.74) is 1.68. The summed E-state index contributed by atoms with van der Waals surface area (Å²) in [5.74, 6) is 0.611. The molecule has 202 valence electrons. The first-order valence-corrected chi connectivity index (χ1v) is 13.6. The molecule has 10 nitrogen and oxygen atoms in total. The molecule has 1 aromatic carbocycles. The average Bonchev–Trinajstić information content (AvgIpc) is 3.56. The highest BCUT2D eigenvalue weighted by Gasteiger charge is 2.52. The van der Waals surface area contributed by atoms with Crippen LogP contribution in [0.15, 0.2) is 59.9 Å². The molecule has 3 aromatic rings. The first kappa shape index (κ1) is 24.9. The lowest BCUT2D eigenvalue weighted by Gasteiger charge is -2.29. The monoisotopic (exact) mass is 556 g/mol. The predicted molar refractivity (Wildman–Crippen MR) is 147 cm³/mol. The van der Waals surface area contributed by atoms with Gasteiger partial charge in [0.25, 0.3) is 5.91 Å². The largest absolute Gasteiger partial charge is 0.381 e. The summed E-state index contributed by atoms with van der Waals surface area (Å²) in [4.78, 5) is 55.0. The molecule has 7 rings (SSSR count). The fourth-order valence-electron chi connectivity index (χ4n) is 6.24. The number of pyridine rings is 2. The Morgan fingerprint density at radius 3 is 2.70 bits per heavy atom. The second-order valence-electron chi connectivity index (χ2n) is 10.6. The number of fused-ring (bicyclic) bond motifs is 3. The van der Waals surface area contributed by atoms with Gasteiger partial charge in [-0.1, -0.05) is 29.8 Å². The van der Waals surface area contributed by atoms with E-state index in [1.165, 1.54) is 4.90 Å². The van der Waals surface area contributed by atoms with E-state index in [-0.39, 0.29) is 18.4 Å². The van der Waals surface area contributed by atoms with Crippen molar-refractivity contribution in [3.8, 4) is 0 Å². The van der Waals surface area contributed by atoms with Crippen molar-refractivity contribution >= 4 is 46.8 Å². The SMILES string of the molecule is O=C(CN1C(=O)C2(CCOCC2)N=C1c1ccccc1Cl)Nc1cc2c(cn1)C[C@]1(C2)C(=O)Nc2ncccc21. The fourth-order valence-corrected chi connectivity index (χ4v) is 6.46. The van der Waals surface area contributed by atoms with Crippen LogP contribution in [0.2, 0.25) is 5.02 Å². The number of amidine groups is 1. The third kappa shape index (κ3) is 3.82. The van der Waals surface area contributed by atoms with Gasteiger partial charge in [0, 0.05) is 49.6 Å². The molecule has 3 amide bonds. The van der Waals surface area contributed by atoms with E-state index in [2.05, 4.69) is 20.6 Å². The minimum Gasteiger partial charge on any atom is -0.381 e. The number of amides is 3. The Morgan fingerprint density at radius 1 is 1.07 bits per heavy atom. The first-order valence-electron chi connectivity index (χ1n) is 13.2. The van der Waals surface area contributed by atoms with Crippen molar-refractivity contribution in [2.45, 2.75) is 36.6 Å². The lowest BCUT2D eigenvalue weighted by molar-refractivity contribution is -0.136. The molecule has 3 aliphatic heterocycles. The Morgan fingerprint density at radius 2 is 1.88 bits per heavy atom. The standard InChI is InChI=1S/C29H25ClN6O4/c30-21-6-2-1-4-19(21)25-35-29(7-10-40-11-8-29)27(39)36(25)16-23(37)33-22-12-17-13-28(14-18(17)15-32-22)20-5-3-9-31-24(20)34-26(28)38/h1-6,9,12,15H,7-8,10-11,13-14,16H2,(H,31,34,38)(H,32,33,37)/t28-/m0/s1. The number of carbonyl (C=O) groups excluding carboxylic acids is 3. The number of aromatic nitrogens is 2. The quantitative estimate of drug-likeness (QED) is 0.509. The fraction of sp³-hybridized carbons (Fsp3) is 0.310. The maximum absolute atomic E-state index is 13.7. The van der Waals surface area contributed by atoms with Crippen molar-refractivity contribution in [1.82, 2.24) is 14.9 Å². The third-order valence-electron chi connectivity index (χ3n) is 8.28. The van der Waals surface area contributed by atoms with E-state index in [0.717, 1.165) is 16.7 Å². The predicted octanol–water partition coefficient (Wildman–Crippen LogP) is 2.90. The van der Waals surface area contributed by atoms with Crippen LogP contribution in [-0.2, 0) is 37.4 Å². The molecule has 2 N–H and O–H groups in total. The maximum atomic E-state index is 13.7. The lowest BCUT2D eigenvalue weighted by Crippen LogP contribution is -2.48. The molecule has 40 heavy (non-hydrogen) atoms. The number of rotatable bonds is 4. The molecule has 1 atom stereocenters. The zero-order valence-corrected chi connectivity index (χ0v) is 22.2. The molecule has 0 saturated carbocycles. The number of benzene rings is 1. The number of halogens is 1. The molecule has 1 fully saturated rings. The highest BCUT2D eigenvalue weighted by molar-refractivity contribution is 6.35. The summed E-state index contributed by atoms with van der Waals surface area (Å²) in [6.45, 7) is 0.601. The van der Waals surface area contributed by atoms with Crippen LogP contribution in [0.4, 0.5) is 11.6 Å². The van der Waals surface area contributed by atoms with Gasteiger partial charge in [-0.15, -0.1) is 0 Å². The Balaban J connectivity index is 1.12. The van der Waals surface area contributed by atoms with E-state index in [9.17, 15) is 14.4 Å². The third-order valence-corrected chi connectivity index (χ3v) is 8.61. The number of carbonyl (C=O) groups is 3. The van der Waals surface area contributed by atoms with Crippen LogP contribution in [0.3, 0.4) is 0 Å². The van der Waals surface area contributed by atoms with E-state index < -0.39 is 16.9 Å². The highest BCUT2D eigenvalue weighted by atomic mass is 35.5. The molecular formula is C29H25ClN6O4. The summed E-state index contributed by atoms with van der Waals surface area (Å²) >= 11 is 6.47. The van der Waals surface area contributed by atoms with Crippen LogP contribution < -0.4 is 10.6 Å². The van der Waals surface area contributed by atoms with Crippen molar-refractivity contribution < 1.29 is 19.1 Å². The normalized spacial score (nSPS) is 22.3. The first-order chi connectivity index (χ1) is 19.4. The molecule has 0 unspecified atom stereocenters. The Bertz CT molecular complexity index is 1620. The highest BCUT2D eigenvalue weighted by Crippen LogP contribution is 2.46. The van der Waals surface area contributed by atoms with Gasteiger partial charge in [0.2, 0.25) is 11.8 Å². The number of aliphatic imine (C=N–C) groups is 1. The summed E-state index contributed by atoms with van der Waals surface area (Å²) in [7, 11) is 0. The van der Waals surface area contributed by atoms with Gasteiger partial charge in [0.1, 0.15) is 29.6 Å². The Labute approximate surface area is 234 Å². The molecule has 4 aliphatic rings. The van der Waals surface area contributed by atoms with Crippen LogP contribution in [0.25, 0.3) is 0 Å². The van der Waals surface area contributed by atoms with Crippen LogP contribution in [-0.4, -0.2) is 63.7 Å². The van der Waals surface area contributed by atoms with Crippen LogP contribution >= 0.6 is 11.6 Å². The van der Waals surface area contributed by atoms with E-state index in [0.29, 0.717) is 67.0 Å². The number of hydrogen-bond donors (Lipinski definition) is 2. The minimum absolute atomic E-state index is 0.0797. The summed E-state index contributed by atoms with van der Waals surface area (Å²) in [6.07, 6.45) is 5.25. The van der Waals surface area contributed by atoms with Gasteiger partial charge in [-0.25, -0.2) is 9.97 Å². The molecule has 0 bridgehead atoms. The van der Waals surface area contributed by atoms with Crippen LogP contribution in [0.1, 0.15) is 35.1 Å². The van der Waals surface area contributed by atoms with E-state index in [1.54, 1.807) is 36.7 Å². The smallest absolute Gasteiger partial charge is 0.256 e. The van der Waals surface area contributed by atoms with Crippen molar-refractivity contribution in [3.63, 3.8) is 0 Å². The zero-order valence-electron chi connectivity index (χ0n) is 21.4. The minimum atomic E-state index is -0.958. The van der Waals surface area contributed by atoms with Gasteiger partial charge >= 0.3 is 0 Å². The van der Waals surface area contributed by atoms with Crippen molar-refractivity contribution in [1.29, 1.82) is 0 Å². The molecule has 0 radical (unpaired) electrons. The summed E-state index contributed by atoms with van der Waals surface area (Å²) < 4.78 is 5.48. The average molecular weight is 557 g/mol. The van der Waals surface area contributed by atoms with Crippen molar-refractivity contribution in [3.05, 3.63) is 82.1 Å². The molecule has 5 heterocycles. The Hall–Kier alpha value is -4.15. The zero-order chi connectivity index (χ0) is 27.5. The topological polar surface area (TPSA) is 126 Å². The number of hydrogen-bond acceptors (Lipinski definition) is 7. The molecule has 2 aromatic heterocycles. The molecule has 11 heteroatoms. The molecule has 2 spiro atoms. The van der Waals surface area contributed by atoms with E-state index in [4.69, 9.17) is 21.3 Å². The molecule has 1 aliphatic carbocycles. The van der Waals surface area contributed by atoms with Gasteiger partial charge in [-0.3, -0.25) is 24.3 Å². The second kappa shape index (κ2) is 9.21. The lowest BCUT2D eigenvalue weighted by atomic mass is 9.79. The van der Waals surface area contributed by atoms with Gasteiger partial charge in [-0.2, -0.15) is 0 Å². The van der Waals surface area contributed by atoms with Gasteiger partial charge in [0.05, 0.1) is 10.4 Å². The van der Waals surface area contributed by atoms with E-state index in [1.807, 2.05) is 18.2 Å². The van der Waals surface area contributed by atoms with Crippen molar-refractivity contribution in [2.75, 3.05) is 30.4 Å².